The van der Waals surface area contributed by atoms with E-state index >= 15 is 0 Å². The molecule has 0 aromatic carbocycles. The molecule has 0 radical (unpaired) electrons. The van der Waals surface area contributed by atoms with Gasteiger partial charge in [0.15, 0.2) is 0 Å². The van der Waals surface area contributed by atoms with Gasteiger partial charge in [-0.2, -0.15) is 0 Å². The SMILES string of the molecule is CC#CCCC(NCCC)C(CCC)OCC. The zero-order valence-corrected chi connectivity index (χ0v) is 12.0. The Kier molecular flexibility index (Phi) is 11.6. The van der Waals surface area contributed by atoms with Crippen LogP contribution in [-0.4, -0.2) is 25.3 Å². The fraction of sp³-hybridized carbons (Fsp3) is 0.867. The van der Waals surface area contributed by atoms with Gasteiger partial charge in [-0.15, -0.1) is 11.8 Å². The summed E-state index contributed by atoms with van der Waals surface area (Å²) in [6.07, 6.45) is 5.87. The van der Waals surface area contributed by atoms with Crippen molar-refractivity contribution in [2.75, 3.05) is 13.2 Å². The van der Waals surface area contributed by atoms with Crippen LogP contribution < -0.4 is 5.32 Å². The van der Waals surface area contributed by atoms with Gasteiger partial charge in [0, 0.05) is 19.1 Å². The van der Waals surface area contributed by atoms with Crippen molar-refractivity contribution in [2.45, 2.75) is 71.9 Å². The largest absolute Gasteiger partial charge is 0.377 e. The van der Waals surface area contributed by atoms with Crippen LogP contribution in [0.1, 0.15) is 59.8 Å². The van der Waals surface area contributed by atoms with Crippen LogP contribution in [0.2, 0.25) is 0 Å². The molecule has 0 saturated carbocycles. The predicted molar refractivity (Wildman–Crippen MR) is 75.1 cm³/mol. The lowest BCUT2D eigenvalue weighted by Crippen LogP contribution is -2.41. The summed E-state index contributed by atoms with van der Waals surface area (Å²) < 4.78 is 5.86. The van der Waals surface area contributed by atoms with Crippen molar-refractivity contribution < 1.29 is 4.74 Å². The molecule has 2 nitrogen and oxygen atoms in total. The molecule has 0 aliphatic heterocycles. The number of rotatable bonds is 10. The molecule has 2 atom stereocenters. The maximum atomic E-state index is 5.86. The second kappa shape index (κ2) is 12.0. The average Bonchev–Trinajstić information content (AvgIpc) is 2.33. The summed E-state index contributed by atoms with van der Waals surface area (Å²) in [7, 11) is 0. The number of hydrogen-bond donors (Lipinski definition) is 1. The molecule has 0 heterocycles. The van der Waals surface area contributed by atoms with Gasteiger partial charge in [-0.3, -0.25) is 0 Å². The summed E-state index contributed by atoms with van der Waals surface area (Å²) in [5, 5.41) is 3.61. The number of hydrogen-bond acceptors (Lipinski definition) is 2. The average molecular weight is 239 g/mol. The Hall–Kier alpha value is -0.520. The molecule has 100 valence electrons. The third-order valence-corrected chi connectivity index (χ3v) is 2.82. The molecule has 0 spiro atoms. The summed E-state index contributed by atoms with van der Waals surface area (Å²) in [6, 6.07) is 0.454. The molecule has 0 aliphatic rings. The number of ether oxygens (including phenoxy) is 1. The highest BCUT2D eigenvalue weighted by molar-refractivity contribution is 4.96. The first kappa shape index (κ1) is 16.5. The van der Waals surface area contributed by atoms with Gasteiger partial charge >= 0.3 is 0 Å². The van der Waals surface area contributed by atoms with Gasteiger partial charge in [0.25, 0.3) is 0 Å². The van der Waals surface area contributed by atoms with E-state index in [-0.39, 0.29) is 0 Å². The zero-order valence-electron chi connectivity index (χ0n) is 12.0. The van der Waals surface area contributed by atoms with Gasteiger partial charge < -0.3 is 10.1 Å². The van der Waals surface area contributed by atoms with Crippen LogP contribution in [0, 0.1) is 11.8 Å². The Balaban J connectivity index is 4.28. The maximum Gasteiger partial charge on any atom is 0.0728 e. The van der Waals surface area contributed by atoms with Gasteiger partial charge in [0.05, 0.1) is 6.10 Å². The van der Waals surface area contributed by atoms with Gasteiger partial charge in [0.2, 0.25) is 0 Å². The van der Waals surface area contributed by atoms with Crippen molar-refractivity contribution in [3.63, 3.8) is 0 Å². The van der Waals surface area contributed by atoms with E-state index < -0.39 is 0 Å². The van der Waals surface area contributed by atoms with Crippen LogP contribution in [0.3, 0.4) is 0 Å². The van der Waals surface area contributed by atoms with E-state index in [0.717, 1.165) is 32.4 Å². The normalized spacial score (nSPS) is 13.9. The highest BCUT2D eigenvalue weighted by Gasteiger charge is 2.19. The van der Waals surface area contributed by atoms with Crippen molar-refractivity contribution in [1.82, 2.24) is 5.32 Å². The van der Waals surface area contributed by atoms with E-state index in [1.54, 1.807) is 0 Å². The fourth-order valence-electron chi connectivity index (χ4n) is 2.00. The quantitative estimate of drug-likeness (QED) is 0.590. The van der Waals surface area contributed by atoms with Gasteiger partial charge in [-0.05, 0) is 39.7 Å². The first-order valence-electron chi connectivity index (χ1n) is 7.04. The predicted octanol–water partition coefficient (Wildman–Crippen LogP) is 3.36. The second-order valence-corrected chi connectivity index (χ2v) is 4.31. The van der Waals surface area contributed by atoms with Gasteiger partial charge in [-0.25, -0.2) is 0 Å². The van der Waals surface area contributed by atoms with E-state index in [1.807, 2.05) is 6.92 Å². The lowest BCUT2D eigenvalue weighted by Gasteiger charge is -2.27. The van der Waals surface area contributed by atoms with Crippen LogP contribution in [-0.2, 0) is 4.74 Å². The molecule has 0 aromatic heterocycles. The number of nitrogens with one attached hydrogen (secondary N) is 1. The Morgan fingerprint density at radius 2 is 1.88 bits per heavy atom. The molecular weight excluding hydrogens is 210 g/mol. The lowest BCUT2D eigenvalue weighted by molar-refractivity contribution is 0.0263. The molecule has 0 aliphatic carbocycles. The Morgan fingerprint density at radius 3 is 2.41 bits per heavy atom. The fourth-order valence-corrected chi connectivity index (χ4v) is 2.00. The lowest BCUT2D eigenvalue weighted by atomic mass is 10.0. The summed E-state index contributed by atoms with van der Waals surface area (Å²) in [5.74, 6) is 6.11. The maximum absolute atomic E-state index is 5.86. The van der Waals surface area contributed by atoms with Crippen LogP contribution >= 0.6 is 0 Å². The minimum absolute atomic E-state index is 0.343. The molecule has 17 heavy (non-hydrogen) atoms. The van der Waals surface area contributed by atoms with Crippen LogP contribution in [0.4, 0.5) is 0 Å². The topological polar surface area (TPSA) is 21.3 Å². The van der Waals surface area contributed by atoms with E-state index in [0.29, 0.717) is 12.1 Å². The van der Waals surface area contributed by atoms with E-state index in [9.17, 15) is 0 Å². The van der Waals surface area contributed by atoms with Crippen molar-refractivity contribution >= 4 is 0 Å². The highest BCUT2D eigenvalue weighted by atomic mass is 16.5. The second-order valence-electron chi connectivity index (χ2n) is 4.31. The summed E-state index contributed by atoms with van der Waals surface area (Å²) in [6.45, 7) is 10.3. The molecule has 2 heteroatoms. The molecule has 0 bridgehead atoms. The minimum Gasteiger partial charge on any atom is -0.377 e. The van der Waals surface area contributed by atoms with Crippen LogP contribution in [0.25, 0.3) is 0 Å². The first-order chi connectivity index (χ1) is 8.29. The summed E-state index contributed by atoms with van der Waals surface area (Å²) in [4.78, 5) is 0. The van der Waals surface area contributed by atoms with Crippen LogP contribution in [0.15, 0.2) is 0 Å². The molecule has 0 fully saturated rings. The monoisotopic (exact) mass is 239 g/mol. The Morgan fingerprint density at radius 1 is 1.12 bits per heavy atom. The molecule has 1 N–H and O–H groups in total. The zero-order chi connectivity index (χ0) is 12.9. The molecule has 0 amide bonds. The van der Waals surface area contributed by atoms with Crippen molar-refractivity contribution in [3.05, 3.63) is 0 Å². The van der Waals surface area contributed by atoms with Crippen molar-refractivity contribution in [1.29, 1.82) is 0 Å². The molecular formula is C15H29NO. The Bertz CT molecular complexity index is 211. The van der Waals surface area contributed by atoms with Gasteiger partial charge in [-0.1, -0.05) is 20.3 Å². The molecule has 0 rings (SSSR count). The van der Waals surface area contributed by atoms with E-state index in [1.165, 1.54) is 12.8 Å². The molecule has 0 aromatic rings. The van der Waals surface area contributed by atoms with E-state index in [2.05, 4.69) is 37.9 Å². The summed E-state index contributed by atoms with van der Waals surface area (Å²) >= 11 is 0. The van der Waals surface area contributed by atoms with E-state index in [4.69, 9.17) is 4.74 Å². The minimum atomic E-state index is 0.343. The first-order valence-corrected chi connectivity index (χ1v) is 7.04. The third-order valence-electron chi connectivity index (χ3n) is 2.82. The standard InChI is InChI=1S/C15H29NO/c1-5-9-10-12-14(16-13-7-3)15(11-6-2)17-8-4/h14-16H,6-8,10-13H2,1-4H3. The molecule has 2 unspecified atom stereocenters. The molecule has 0 saturated heterocycles. The Labute approximate surface area is 108 Å². The third kappa shape index (κ3) is 8.24. The highest BCUT2D eigenvalue weighted by Crippen LogP contribution is 2.12. The summed E-state index contributed by atoms with van der Waals surface area (Å²) in [5.41, 5.74) is 0. The van der Waals surface area contributed by atoms with Crippen molar-refractivity contribution in [3.8, 4) is 11.8 Å². The van der Waals surface area contributed by atoms with Gasteiger partial charge in [0.1, 0.15) is 0 Å². The van der Waals surface area contributed by atoms with Crippen molar-refractivity contribution in [2.24, 2.45) is 0 Å². The smallest absolute Gasteiger partial charge is 0.0728 e. The van der Waals surface area contributed by atoms with Crippen LogP contribution in [0.5, 0.6) is 0 Å².